The van der Waals surface area contributed by atoms with Crippen LogP contribution in [0.4, 0.5) is 4.79 Å². The van der Waals surface area contributed by atoms with Crippen LogP contribution < -0.4 is 5.32 Å². The van der Waals surface area contributed by atoms with Gasteiger partial charge >= 0.3 is 6.16 Å². The summed E-state index contributed by atoms with van der Waals surface area (Å²) in [6.07, 6.45) is 2.74. The number of nitrogens with zero attached hydrogens (tertiary/aromatic N) is 2. The van der Waals surface area contributed by atoms with Crippen molar-refractivity contribution >= 4 is 12.1 Å². The number of rotatable bonds is 3. The molecular weight excluding hydrogens is 242 g/mol. The first kappa shape index (κ1) is 12.2. The van der Waals surface area contributed by atoms with Crippen molar-refractivity contribution in [2.45, 2.75) is 12.1 Å². The van der Waals surface area contributed by atoms with Gasteiger partial charge in [-0.15, -0.1) is 0 Å². The van der Waals surface area contributed by atoms with Crippen LogP contribution in [-0.4, -0.2) is 46.1 Å². The molecule has 2 heterocycles. The lowest BCUT2D eigenvalue weighted by atomic mass is 10.1. The molecule has 0 saturated carbocycles. The van der Waals surface area contributed by atoms with Crippen LogP contribution in [-0.2, 0) is 9.47 Å². The third-order valence-electron chi connectivity index (χ3n) is 2.43. The molecular formula is C10H11N3O5. The number of hydrogen-bond acceptors (Lipinski definition) is 6. The molecule has 2 N–H and O–H groups in total. The van der Waals surface area contributed by atoms with Gasteiger partial charge in [-0.05, 0) is 0 Å². The van der Waals surface area contributed by atoms with Crippen LogP contribution >= 0.6 is 0 Å². The molecule has 2 rings (SSSR count). The summed E-state index contributed by atoms with van der Waals surface area (Å²) in [6, 6.07) is 0. The Kier molecular flexibility index (Phi) is 3.38. The van der Waals surface area contributed by atoms with Gasteiger partial charge in [0, 0.05) is 18.8 Å². The van der Waals surface area contributed by atoms with Gasteiger partial charge in [-0.1, -0.05) is 0 Å². The molecule has 0 aliphatic carbocycles. The molecule has 0 spiro atoms. The zero-order chi connectivity index (χ0) is 13.0. The van der Waals surface area contributed by atoms with Crippen molar-refractivity contribution in [1.29, 1.82) is 0 Å². The fourth-order valence-corrected chi connectivity index (χ4v) is 1.61. The molecule has 0 bridgehead atoms. The molecule has 0 unspecified atom stereocenters. The number of aromatic nitrogens is 2. The number of carbonyl (C=O) groups is 2. The maximum absolute atomic E-state index is 11.9. The van der Waals surface area contributed by atoms with Gasteiger partial charge < -0.3 is 19.9 Å². The first-order chi connectivity index (χ1) is 8.61. The quantitative estimate of drug-likeness (QED) is 0.576. The monoisotopic (exact) mass is 253 g/mol. The number of nitrogens with one attached hydrogen (secondary N) is 1. The molecule has 0 aromatic carbocycles. The Morgan fingerprint density at radius 2 is 2.17 bits per heavy atom. The lowest BCUT2D eigenvalue weighted by Gasteiger charge is -2.26. The Hall–Kier alpha value is -2.22. The van der Waals surface area contributed by atoms with Gasteiger partial charge in [0.15, 0.2) is 0 Å². The van der Waals surface area contributed by atoms with E-state index in [-0.39, 0.29) is 18.6 Å². The number of amides is 1. The van der Waals surface area contributed by atoms with Crippen LogP contribution in [0.25, 0.3) is 0 Å². The summed E-state index contributed by atoms with van der Waals surface area (Å²) >= 11 is 0. The van der Waals surface area contributed by atoms with Gasteiger partial charge in [-0.25, -0.2) is 14.8 Å². The third kappa shape index (κ3) is 2.72. The minimum atomic E-state index is -1.47. The van der Waals surface area contributed by atoms with Crippen LogP contribution in [0, 0.1) is 0 Å². The second-order valence-electron chi connectivity index (χ2n) is 3.75. The predicted octanol–water partition coefficient (Wildman–Crippen LogP) is 0.0176. The Bertz CT molecular complexity index is 444. The number of hydrogen-bond donors (Lipinski definition) is 2. The van der Waals surface area contributed by atoms with Crippen molar-refractivity contribution in [2.24, 2.45) is 0 Å². The number of ether oxygens (including phenoxy) is 2. The van der Waals surface area contributed by atoms with Crippen LogP contribution in [0.1, 0.15) is 16.8 Å². The van der Waals surface area contributed by atoms with Gasteiger partial charge in [0.2, 0.25) is 5.72 Å². The SMILES string of the molecule is O=C(O)O[C@@]1(NC(=O)c2cncnc2)CCOC1. The smallest absolute Gasteiger partial charge is 0.450 e. The molecule has 1 aliphatic heterocycles. The number of carboxylic acid groups (broad SMARTS) is 1. The van der Waals surface area contributed by atoms with Crippen molar-refractivity contribution in [3.05, 3.63) is 24.3 Å². The van der Waals surface area contributed by atoms with Gasteiger partial charge in [0.05, 0.1) is 12.2 Å². The van der Waals surface area contributed by atoms with E-state index in [1.54, 1.807) is 0 Å². The Morgan fingerprint density at radius 1 is 1.44 bits per heavy atom. The van der Waals surface area contributed by atoms with Crippen LogP contribution in [0.2, 0.25) is 0 Å². The highest BCUT2D eigenvalue weighted by Gasteiger charge is 2.40. The summed E-state index contributed by atoms with van der Waals surface area (Å²) in [5.41, 5.74) is -1.11. The van der Waals surface area contributed by atoms with Crippen molar-refractivity contribution in [3.8, 4) is 0 Å². The molecule has 8 nitrogen and oxygen atoms in total. The minimum Gasteiger partial charge on any atom is -0.450 e. The van der Waals surface area contributed by atoms with Crippen LogP contribution in [0.3, 0.4) is 0 Å². The summed E-state index contributed by atoms with van der Waals surface area (Å²) in [7, 11) is 0. The fourth-order valence-electron chi connectivity index (χ4n) is 1.61. The van der Waals surface area contributed by atoms with Gasteiger partial charge in [-0.2, -0.15) is 0 Å². The van der Waals surface area contributed by atoms with E-state index in [1.807, 2.05) is 0 Å². The van der Waals surface area contributed by atoms with E-state index < -0.39 is 17.8 Å². The van der Waals surface area contributed by atoms with Crippen LogP contribution in [0.15, 0.2) is 18.7 Å². The molecule has 96 valence electrons. The molecule has 0 radical (unpaired) electrons. The maximum atomic E-state index is 11.9. The highest BCUT2D eigenvalue weighted by molar-refractivity contribution is 5.94. The average Bonchev–Trinajstić information content (AvgIpc) is 2.77. The highest BCUT2D eigenvalue weighted by atomic mass is 16.7. The van der Waals surface area contributed by atoms with E-state index in [0.717, 1.165) is 0 Å². The van der Waals surface area contributed by atoms with E-state index in [1.165, 1.54) is 18.7 Å². The third-order valence-corrected chi connectivity index (χ3v) is 2.43. The average molecular weight is 253 g/mol. The lowest BCUT2D eigenvalue weighted by molar-refractivity contribution is -0.0400. The van der Waals surface area contributed by atoms with Crippen LogP contribution in [0.5, 0.6) is 0 Å². The first-order valence-corrected chi connectivity index (χ1v) is 5.18. The highest BCUT2D eigenvalue weighted by Crippen LogP contribution is 2.21. The Labute approximate surface area is 102 Å². The summed E-state index contributed by atoms with van der Waals surface area (Å²) < 4.78 is 9.77. The van der Waals surface area contributed by atoms with Gasteiger partial charge in [-0.3, -0.25) is 4.79 Å². The molecule has 1 fully saturated rings. The Balaban J connectivity index is 2.10. The summed E-state index contributed by atoms with van der Waals surface area (Å²) in [5, 5.41) is 11.2. The van der Waals surface area contributed by atoms with Crippen molar-refractivity contribution < 1.29 is 24.2 Å². The molecule has 1 aromatic rings. The zero-order valence-corrected chi connectivity index (χ0v) is 9.33. The topological polar surface area (TPSA) is 111 Å². The second-order valence-corrected chi connectivity index (χ2v) is 3.75. The van der Waals surface area contributed by atoms with E-state index in [4.69, 9.17) is 14.6 Å². The predicted molar refractivity (Wildman–Crippen MR) is 56.8 cm³/mol. The molecule has 1 aliphatic rings. The molecule has 18 heavy (non-hydrogen) atoms. The number of carbonyl (C=O) groups excluding carboxylic acids is 1. The normalized spacial score (nSPS) is 22.4. The minimum absolute atomic E-state index is 0.0151. The standard InChI is InChI=1S/C10H11N3O5/c14-8(7-3-11-6-12-4-7)13-10(18-9(15)16)1-2-17-5-10/h3-4,6H,1-2,5H2,(H,13,14)(H,15,16)/t10-/m0/s1. The zero-order valence-electron chi connectivity index (χ0n) is 9.33. The van der Waals surface area contributed by atoms with Crippen molar-refractivity contribution in [2.75, 3.05) is 13.2 Å². The summed E-state index contributed by atoms with van der Waals surface area (Å²) in [4.78, 5) is 29.9. The van der Waals surface area contributed by atoms with Gasteiger partial charge in [0.25, 0.3) is 5.91 Å². The molecule has 8 heteroatoms. The summed E-state index contributed by atoms with van der Waals surface area (Å²) in [5.74, 6) is -0.512. The Morgan fingerprint density at radius 3 is 2.72 bits per heavy atom. The van der Waals surface area contributed by atoms with E-state index in [9.17, 15) is 9.59 Å². The van der Waals surface area contributed by atoms with Crippen molar-refractivity contribution in [3.63, 3.8) is 0 Å². The first-order valence-electron chi connectivity index (χ1n) is 5.18. The largest absolute Gasteiger partial charge is 0.507 e. The van der Waals surface area contributed by atoms with E-state index in [0.29, 0.717) is 6.61 Å². The maximum Gasteiger partial charge on any atom is 0.507 e. The summed E-state index contributed by atoms with van der Waals surface area (Å²) in [6.45, 7) is 0.303. The van der Waals surface area contributed by atoms with Crippen molar-refractivity contribution in [1.82, 2.24) is 15.3 Å². The van der Waals surface area contributed by atoms with E-state index >= 15 is 0 Å². The molecule has 1 saturated heterocycles. The second kappa shape index (κ2) is 4.96. The molecule has 1 atom stereocenters. The fraction of sp³-hybridized carbons (Fsp3) is 0.400. The molecule has 1 aromatic heterocycles. The van der Waals surface area contributed by atoms with Gasteiger partial charge in [0.1, 0.15) is 12.9 Å². The van der Waals surface area contributed by atoms with E-state index in [2.05, 4.69) is 15.3 Å². The molecule has 1 amide bonds. The lowest BCUT2D eigenvalue weighted by Crippen LogP contribution is -2.52.